The van der Waals surface area contributed by atoms with Gasteiger partial charge in [0.1, 0.15) is 0 Å². The molecule has 4 N–H and O–H groups in total. The van der Waals surface area contributed by atoms with Gasteiger partial charge in [-0.2, -0.15) is 0 Å². The van der Waals surface area contributed by atoms with Crippen LogP contribution in [-0.4, -0.2) is 16.9 Å². The van der Waals surface area contributed by atoms with Gasteiger partial charge < -0.3 is 16.0 Å². The van der Waals surface area contributed by atoms with Crippen LogP contribution in [0.25, 0.3) is 10.9 Å². The summed E-state index contributed by atoms with van der Waals surface area (Å²) in [5.41, 5.74) is 7.85. The number of carbonyl (C=O) groups is 1. The molecule has 1 saturated carbocycles. The lowest BCUT2D eigenvalue weighted by Gasteiger charge is -2.27. The summed E-state index contributed by atoms with van der Waals surface area (Å²) < 4.78 is 0. The first-order chi connectivity index (χ1) is 9.74. The molecule has 4 heteroatoms. The van der Waals surface area contributed by atoms with Gasteiger partial charge in [0.15, 0.2) is 0 Å². The summed E-state index contributed by atoms with van der Waals surface area (Å²) in [5, 5.41) is 4.89. The molecule has 0 unspecified atom stereocenters. The Hall–Kier alpha value is -1.81. The number of amides is 1. The van der Waals surface area contributed by atoms with Crippen molar-refractivity contribution < 1.29 is 4.79 Å². The van der Waals surface area contributed by atoms with Crippen LogP contribution in [-0.2, 0) is 11.3 Å². The molecule has 1 amide bonds. The molecule has 1 aromatic heterocycles. The smallest absolute Gasteiger partial charge is 0.220 e. The van der Waals surface area contributed by atoms with E-state index < -0.39 is 0 Å². The van der Waals surface area contributed by atoms with Gasteiger partial charge in [0.2, 0.25) is 5.91 Å². The minimum atomic E-state index is -0.139. The second-order valence-electron chi connectivity index (χ2n) is 5.69. The van der Waals surface area contributed by atoms with Crippen molar-refractivity contribution in [3.8, 4) is 0 Å². The van der Waals surface area contributed by atoms with Crippen LogP contribution in [0.2, 0.25) is 0 Å². The van der Waals surface area contributed by atoms with Crippen LogP contribution < -0.4 is 11.1 Å². The van der Waals surface area contributed by atoms with Crippen molar-refractivity contribution in [2.24, 2.45) is 11.7 Å². The van der Waals surface area contributed by atoms with E-state index in [1.54, 1.807) is 0 Å². The first-order valence-corrected chi connectivity index (χ1v) is 7.31. The van der Waals surface area contributed by atoms with E-state index in [1.165, 1.54) is 16.5 Å². The van der Waals surface area contributed by atoms with E-state index in [4.69, 9.17) is 5.73 Å². The molecule has 0 saturated heterocycles. The molecular formula is C16H21N3O. The highest BCUT2D eigenvalue weighted by molar-refractivity contribution is 5.83. The SMILES string of the molecule is NC(=O)C1CCC(NCc2c[nH]c3ccccc23)CC1. The number of nitrogens with one attached hydrogen (secondary N) is 2. The van der Waals surface area contributed by atoms with Crippen LogP contribution >= 0.6 is 0 Å². The molecule has 20 heavy (non-hydrogen) atoms. The minimum absolute atomic E-state index is 0.0844. The average molecular weight is 271 g/mol. The lowest BCUT2D eigenvalue weighted by atomic mass is 9.85. The zero-order valence-corrected chi connectivity index (χ0v) is 11.6. The van der Waals surface area contributed by atoms with Gasteiger partial charge in [0, 0.05) is 35.6 Å². The fourth-order valence-electron chi connectivity index (χ4n) is 3.11. The summed E-state index contributed by atoms with van der Waals surface area (Å²) in [4.78, 5) is 14.4. The Bertz CT molecular complexity index is 597. The van der Waals surface area contributed by atoms with Crippen molar-refractivity contribution in [3.63, 3.8) is 0 Å². The highest BCUT2D eigenvalue weighted by Crippen LogP contribution is 2.24. The van der Waals surface area contributed by atoms with Gasteiger partial charge in [-0.25, -0.2) is 0 Å². The van der Waals surface area contributed by atoms with Crippen molar-refractivity contribution in [3.05, 3.63) is 36.0 Å². The highest BCUT2D eigenvalue weighted by Gasteiger charge is 2.24. The first-order valence-electron chi connectivity index (χ1n) is 7.31. The zero-order chi connectivity index (χ0) is 13.9. The van der Waals surface area contributed by atoms with E-state index >= 15 is 0 Å². The lowest BCUT2D eigenvalue weighted by Crippen LogP contribution is -2.36. The van der Waals surface area contributed by atoms with Crippen LogP contribution in [0, 0.1) is 5.92 Å². The molecule has 0 aliphatic heterocycles. The number of fused-ring (bicyclic) bond motifs is 1. The van der Waals surface area contributed by atoms with Gasteiger partial charge in [-0.05, 0) is 37.3 Å². The zero-order valence-electron chi connectivity index (χ0n) is 11.6. The second kappa shape index (κ2) is 5.67. The molecule has 1 aliphatic rings. The van der Waals surface area contributed by atoms with Crippen LogP contribution in [0.15, 0.2) is 30.5 Å². The van der Waals surface area contributed by atoms with Crippen molar-refractivity contribution in [2.45, 2.75) is 38.3 Å². The van der Waals surface area contributed by atoms with E-state index in [2.05, 4.69) is 34.7 Å². The minimum Gasteiger partial charge on any atom is -0.369 e. The average Bonchev–Trinajstić information content (AvgIpc) is 2.89. The first kappa shape index (κ1) is 13.2. The predicted octanol–water partition coefficient (Wildman–Crippen LogP) is 2.30. The number of rotatable bonds is 4. The number of aromatic nitrogens is 1. The van der Waals surface area contributed by atoms with E-state index in [0.29, 0.717) is 6.04 Å². The molecular weight excluding hydrogens is 250 g/mol. The van der Waals surface area contributed by atoms with E-state index in [1.807, 2.05) is 6.07 Å². The Labute approximate surface area is 118 Å². The van der Waals surface area contributed by atoms with Gasteiger partial charge in [-0.3, -0.25) is 4.79 Å². The van der Waals surface area contributed by atoms with Crippen LogP contribution in [0.3, 0.4) is 0 Å². The fourth-order valence-corrected chi connectivity index (χ4v) is 3.11. The lowest BCUT2D eigenvalue weighted by molar-refractivity contribution is -0.122. The van der Waals surface area contributed by atoms with E-state index in [0.717, 1.165) is 32.2 Å². The van der Waals surface area contributed by atoms with Gasteiger partial charge in [-0.1, -0.05) is 18.2 Å². The van der Waals surface area contributed by atoms with Crippen molar-refractivity contribution in [1.29, 1.82) is 0 Å². The van der Waals surface area contributed by atoms with Crippen molar-refractivity contribution >= 4 is 16.8 Å². The molecule has 0 radical (unpaired) electrons. The normalized spacial score (nSPS) is 23.0. The summed E-state index contributed by atoms with van der Waals surface area (Å²) in [7, 11) is 0. The molecule has 106 valence electrons. The molecule has 1 heterocycles. The number of H-pyrrole nitrogens is 1. The third-order valence-electron chi connectivity index (χ3n) is 4.39. The molecule has 2 aromatic rings. The molecule has 0 spiro atoms. The number of primary amides is 1. The Morgan fingerprint density at radius 3 is 2.75 bits per heavy atom. The van der Waals surface area contributed by atoms with Crippen LogP contribution in [0.5, 0.6) is 0 Å². The number of para-hydroxylation sites is 1. The maximum absolute atomic E-state index is 11.1. The maximum atomic E-state index is 11.1. The van der Waals surface area contributed by atoms with Crippen LogP contribution in [0.4, 0.5) is 0 Å². The maximum Gasteiger partial charge on any atom is 0.220 e. The number of carbonyl (C=O) groups excluding carboxylic acids is 1. The number of aromatic amines is 1. The van der Waals surface area contributed by atoms with E-state index in [9.17, 15) is 4.79 Å². The Morgan fingerprint density at radius 1 is 1.25 bits per heavy atom. The predicted molar refractivity (Wildman–Crippen MR) is 80.1 cm³/mol. The number of hydrogen-bond acceptors (Lipinski definition) is 2. The molecule has 4 nitrogen and oxygen atoms in total. The van der Waals surface area contributed by atoms with Crippen molar-refractivity contribution in [1.82, 2.24) is 10.3 Å². The Morgan fingerprint density at radius 2 is 2.00 bits per heavy atom. The quantitative estimate of drug-likeness (QED) is 0.798. The Balaban J connectivity index is 1.57. The number of nitrogens with two attached hydrogens (primary N) is 1. The van der Waals surface area contributed by atoms with Crippen molar-refractivity contribution in [2.75, 3.05) is 0 Å². The van der Waals surface area contributed by atoms with Gasteiger partial charge in [0.25, 0.3) is 0 Å². The van der Waals surface area contributed by atoms with Gasteiger partial charge >= 0.3 is 0 Å². The summed E-state index contributed by atoms with van der Waals surface area (Å²) in [5.74, 6) is -0.0544. The molecule has 0 bridgehead atoms. The third kappa shape index (κ3) is 2.70. The summed E-state index contributed by atoms with van der Waals surface area (Å²) in [6.07, 6.45) is 5.99. The fraction of sp³-hybridized carbons (Fsp3) is 0.438. The molecule has 1 aliphatic carbocycles. The Kier molecular flexibility index (Phi) is 3.74. The summed E-state index contributed by atoms with van der Waals surface area (Å²) in [6, 6.07) is 8.85. The molecule has 1 fully saturated rings. The summed E-state index contributed by atoms with van der Waals surface area (Å²) in [6.45, 7) is 0.871. The number of hydrogen-bond donors (Lipinski definition) is 3. The monoisotopic (exact) mass is 271 g/mol. The molecule has 3 rings (SSSR count). The largest absolute Gasteiger partial charge is 0.369 e. The topological polar surface area (TPSA) is 70.9 Å². The molecule has 0 atom stereocenters. The van der Waals surface area contributed by atoms with E-state index in [-0.39, 0.29) is 11.8 Å². The molecule has 1 aromatic carbocycles. The summed E-state index contributed by atoms with van der Waals surface area (Å²) >= 11 is 0. The number of benzene rings is 1. The standard InChI is InChI=1S/C16H21N3O/c17-16(20)11-5-7-13(8-6-11)18-9-12-10-19-15-4-2-1-3-14(12)15/h1-4,10-11,13,18-19H,5-9H2,(H2,17,20). The van der Waals surface area contributed by atoms with Gasteiger partial charge in [0.05, 0.1) is 0 Å². The van der Waals surface area contributed by atoms with Crippen LogP contribution in [0.1, 0.15) is 31.2 Å². The van der Waals surface area contributed by atoms with Gasteiger partial charge in [-0.15, -0.1) is 0 Å². The highest BCUT2D eigenvalue weighted by atomic mass is 16.1. The third-order valence-corrected chi connectivity index (χ3v) is 4.39. The second-order valence-corrected chi connectivity index (χ2v) is 5.69.